The van der Waals surface area contributed by atoms with Crippen LogP contribution in [0.5, 0.6) is 0 Å². The van der Waals surface area contributed by atoms with Crippen molar-refractivity contribution in [3.05, 3.63) is 130 Å². The second-order valence-corrected chi connectivity index (χ2v) is 10.9. The molecule has 0 spiro atoms. The van der Waals surface area contributed by atoms with Crippen LogP contribution in [0.4, 0.5) is 30.7 Å². The topological polar surface area (TPSA) is 59.1 Å². The van der Waals surface area contributed by atoms with Gasteiger partial charge >= 0.3 is 12.4 Å². The molecule has 0 aliphatic carbocycles. The predicted molar refractivity (Wildman–Crippen MR) is 133 cm³/mol. The monoisotopic (exact) mass is 602 g/mol. The summed E-state index contributed by atoms with van der Waals surface area (Å²) in [7, 11) is -4.92. The zero-order valence-electron chi connectivity index (χ0n) is 20.1. The van der Waals surface area contributed by atoms with E-state index in [2.05, 4.69) is 9.71 Å². The lowest BCUT2D eigenvalue weighted by atomic mass is 9.81. The number of aromatic nitrogens is 1. The third kappa shape index (κ3) is 6.45. The van der Waals surface area contributed by atoms with Gasteiger partial charge in [0.25, 0.3) is 0 Å². The number of halogens is 8. The number of benzene rings is 3. The Hall–Kier alpha value is -3.48. The maximum atomic E-state index is 14.7. The van der Waals surface area contributed by atoms with Crippen molar-refractivity contribution in [1.29, 1.82) is 0 Å². The number of hydrogen-bond donors (Lipinski definition) is 1. The summed E-state index contributed by atoms with van der Waals surface area (Å²) in [6.07, 6.45) is -9.18. The van der Waals surface area contributed by atoms with Gasteiger partial charge in [0.15, 0.2) is 0 Å². The van der Waals surface area contributed by atoms with Crippen molar-refractivity contribution in [3.8, 4) is 0 Å². The Morgan fingerprint density at radius 1 is 0.750 bits per heavy atom. The van der Waals surface area contributed by atoms with Crippen LogP contribution < -0.4 is 4.72 Å². The number of nitrogens with zero attached hydrogens (tertiary/aromatic N) is 1. The van der Waals surface area contributed by atoms with Crippen LogP contribution in [-0.2, 0) is 34.3 Å². The van der Waals surface area contributed by atoms with Crippen LogP contribution in [-0.4, -0.2) is 13.4 Å². The van der Waals surface area contributed by atoms with Gasteiger partial charge in [-0.15, -0.1) is 0 Å². The first-order valence-corrected chi connectivity index (χ1v) is 13.2. The smallest absolute Gasteiger partial charge is 0.257 e. The van der Waals surface area contributed by atoms with Crippen LogP contribution in [0, 0.1) is 5.82 Å². The van der Waals surface area contributed by atoms with Crippen molar-refractivity contribution in [2.45, 2.75) is 29.2 Å². The normalized spacial score (nSPS) is 14.1. The first-order valence-electron chi connectivity index (χ1n) is 11.4. The molecule has 0 bridgehead atoms. The Morgan fingerprint density at radius 3 is 2.00 bits per heavy atom. The summed E-state index contributed by atoms with van der Waals surface area (Å²) >= 11 is 5.95. The lowest BCUT2D eigenvalue weighted by Gasteiger charge is -2.35. The molecule has 210 valence electrons. The summed E-state index contributed by atoms with van der Waals surface area (Å²) in [6.45, 7) is 0. The summed E-state index contributed by atoms with van der Waals surface area (Å²) < 4.78 is 126. The molecule has 0 aliphatic rings. The summed E-state index contributed by atoms with van der Waals surface area (Å²) in [5.74, 6) is -1.32. The first-order chi connectivity index (χ1) is 18.6. The van der Waals surface area contributed by atoms with Gasteiger partial charge in [0.2, 0.25) is 10.0 Å². The minimum absolute atomic E-state index is 0.105. The number of pyridine rings is 1. The highest BCUT2D eigenvalue weighted by molar-refractivity contribution is 7.89. The molecule has 1 heterocycles. The number of alkyl halides is 6. The molecule has 4 aromatic rings. The summed E-state index contributed by atoms with van der Waals surface area (Å²) in [6, 6.07) is 14.8. The molecular weight excluding hydrogens is 585 g/mol. The third-order valence-corrected chi connectivity index (χ3v) is 7.69. The van der Waals surface area contributed by atoms with Gasteiger partial charge in [-0.25, -0.2) is 12.8 Å². The molecule has 0 saturated heterocycles. The maximum Gasteiger partial charge on any atom is 0.416 e. The first kappa shape index (κ1) is 29.5. The molecule has 0 amide bonds. The molecule has 4 rings (SSSR count). The molecular formula is C27H18ClF7N2O2S. The zero-order chi connectivity index (χ0) is 29.3. The highest BCUT2D eigenvalue weighted by Crippen LogP contribution is 2.39. The fourth-order valence-corrected chi connectivity index (χ4v) is 5.67. The summed E-state index contributed by atoms with van der Waals surface area (Å²) in [5.41, 5.74) is -5.19. The fraction of sp³-hybridized carbons (Fsp3) is 0.148. The fourth-order valence-electron chi connectivity index (χ4n) is 4.15. The Labute approximate surface area is 229 Å². The molecule has 3 aromatic carbocycles. The van der Waals surface area contributed by atoms with E-state index in [-0.39, 0.29) is 16.8 Å². The van der Waals surface area contributed by atoms with E-state index in [0.717, 1.165) is 18.3 Å². The van der Waals surface area contributed by atoms with E-state index in [1.807, 2.05) is 0 Å². The van der Waals surface area contributed by atoms with Gasteiger partial charge in [-0.1, -0.05) is 48.0 Å². The van der Waals surface area contributed by atoms with Crippen molar-refractivity contribution >= 4 is 21.6 Å². The van der Waals surface area contributed by atoms with Crippen LogP contribution in [0.2, 0.25) is 5.02 Å². The molecule has 40 heavy (non-hydrogen) atoms. The van der Waals surface area contributed by atoms with Crippen LogP contribution in [0.3, 0.4) is 0 Å². The van der Waals surface area contributed by atoms with Crippen LogP contribution in [0.25, 0.3) is 0 Å². The van der Waals surface area contributed by atoms with Crippen molar-refractivity contribution in [3.63, 3.8) is 0 Å². The molecule has 0 saturated carbocycles. The molecule has 1 aromatic heterocycles. The number of hydrogen-bond acceptors (Lipinski definition) is 3. The number of nitrogens with one attached hydrogen (secondary N) is 1. The minimum atomic E-state index is -5.01. The van der Waals surface area contributed by atoms with Gasteiger partial charge in [-0.3, -0.25) is 4.98 Å². The molecule has 0 aliphatic heterocycles. The number of sulfonamides is 1. The lowest BCUT2D eigenvalue weighted by molar-refractivity contribution is -0.138. The van der Waals surface area contributed by atoms with Crippen molar-refractivity contribution in [1.82, 2.24) is 9.71 Å². The van der Waals surface area contributed by atoms with Gasteiger partial charge in [0.05, 0.1) is 26.7 Å². The summed E-state index contributed by atoms with van der Waals surface area (Å²) in [4.78, 5) is 3.32. The Bertz CT molecular complexity index is 1610. The van der Waals surface area contributed by atoms with E-state index >= 15 is 0 Å². The van der Waals surface area contributed by atoms with E-state index in [4.69, 9.17) is 11.6 Å². The minimum Gasteiger partial charge on any atom is -0.257 e. The van der Waals surface area contributed by atoms with Gasteiger partial charge in [-0.2, -0.15) is 31.1 Å². The van der Waals surface area contributed by atoms with Crippen molar-refractivity contribution in [2.75, 3.05) is 0 Å². The van der Waals surface area contributed by atoms with Crippen molar-refractivity contribution in [2.24, 2.45) is 0 Å². The van der Waals surface area contributed by atoms with E-state index in [0.29, 0.717) is 29.8 Å². The zero-order valence-corrected chi connectivity index (χ0v) is 21.6. The molecule has 0 fully saturated rings. The Morgan fingerprint density at radius 2 is 1.40 bits per heavy atom. The van der Waals surface area contributed by atoms with Gasteiger partial charge < -0.3 is 0 Å². The predicted octanol–water partition coefficient (Wildman–Crippen LogP) is 7.38. The van der Waals surface area contributed by atoms with Crippen LogP contribution >= 0.6 is 11.6 Å². The second kappa shape index (κ2) is 10.8. The van der Waals surface area contributed by atoms with E-state index in [9.17, 15) is 39.2 Å². The molecule has 1 N–H and O–H groups in total. The van der Waals surface area contributed by atoms with E-state index in [1.54, 1.807) is 30.3 Å². The third-order valence-electron chi connectivity index (χ3n) is 5.97. The molecule has 0 radical (unpaired) electrons. The average molecular weight is 603 g/mol. The Balaban J connectivity index is 2.03. The SMILES string of the molecule is O=S(=O)(N[C@@](Cc1ccccc1)(c1cc(F)cc(C(F)(F)F)c1)c1ccc(Cl)cn1)c1cccc(C(F)(F)F)c1. The van der Waals surface area contributed by atoms with Crippen LogP contribution in [0.1, 0.15) is 27.9 Å². The highest BCUT2D eigenvalue weighted by atomic mass is 35.5. The number of rotatable bonds is 7. The summed E-state index contributed by atoms with van der Waals surface area (Å²) in [5, 5.41) is 0.105. The Kier molecular flexibility index (Phi) is 7.99. The molecule has 13 heteroatoms. The molecule has 0 unspecified atom stereocenters. The van der Waals surface area contributed by atoms with E-state index < -0.39 is 61.7 Å². The quantitative estimate of drug-likeness (QED) is 0.225. The van der Waals surface area contributed by atoms with Gasteiger partial charge in [0.1, 0.15) is 11.4 Å². The van der Waals surface area contributed by atoms with Crippen LogP contribution in [0.15, 0.2) is 96.0 Å². The largest absolute Gasteiger partial charge is 0.416 e. The standard InChI is InChI=1S/C27H18ClF7N2O2S/c28-21-9-10-24(36-16-21)25(15-17-5-2-1-3-6-17,19-11-20(27(33,34)35)13-22(29)12-19)37-40(38,39)23-8-4-7-18(14-23)26(30,31)32/h1-14,16,37H,15H2/t25-/m0/s1. The lowest BCUT2D eigenvalue weighted by Crippen LogP contribution is -2.49. The highest BCUT2D eigenvalue weighted by Gasteiger charge is 2.43. The van der Waals surface area contributed by atoms with Gasteiger partial charge in [0, 0.05) is 12.6 Å². The van der Waals surface area contributed by atoms with E-state index in [1.165, 1.54) is 12.1 Å². The average Bonchev–Trinajstić information content (AvgIpc) is 2.88. The van der Waals surface area contributed by atoms with Gasteiger partial charge in [-0.05, 0) is 59.7 Å². The second-order valence-electron chi connectivity index (χ2n) is 8.79. The molecule has 1 atom stereocenters. The molecule has 4 nitrogen and oxygen atoms in total. The van der Waals surface area contributed by atoms with Crippen molar-refractivity contribution < 1.29 is 39.2 Å². The maximum absolute atomic E-state index is 14.7.